The molecule has 80 valence electrons. The monoisotopic (exact) mass is 218 g/mol. The molecule has 0 spiro atoms. The van der Waals surface area contributed by atoms with Crippen LogP contribution in [0.2, 0.25) is 0 Å². The fraction of sp³-hybridized carbons (Fsp3) is 0.875. The zero-order valence-electron chi connectivity index (χ0n) is 8.14. The van der Waals surface area contributed by atoms with Crippen LogP contribution in [-0.4, -0.2) is 31.9 Å². The molecule has 0 saturated heterocycles. The van der Waals surface area contributed by atoms with Crippen molar-refractivity contribution in [3.8, 4) is 0 Å². The zero-order chi connectivity index (χ0) is 10.6. The van der Waals surface area contributed by atoms with Gasteiger partial charge in [0.25, 0.3) is 6.08 Å². The molecule has 1 aliphatic carbocycles. The lowest BCUT2D eigenvalue weighted by Gasteiger charge is -2.28. The SMILES string of the molecule is CN(C1CCCCC1)S(=O)(=O)N=C=O. The highest BCUT2D eigenvalue weighted by molar-refractivity contribution is 7.87. The first-order valence-corrected chi connectivity index (χ1v) is 6.05. The molecular weight excluding hydrogens is 204 g/mol. The quantitative estimate of drug-likeness (QED) is 0.520. The van der Waals surface area contributed by atoms with Crippen molar-refractivity contribution >= 4 is 16.3 Å². The second-order valence-corrected chi connectivity index (χ2v) is 5.12. The summed E-state index contributed by atoms with van der Waals surface area (Å²) in [7, 11) is -2.31. The topological polar surface area (TPSA) is 66.8 Å². The lowest BCUT2D eigenvalue weighted by Crippen LogP contribution is -2.37. The summed E-state index contributed by atoms with van der Waals surface area (Å²) in [6.45, 7) is 0. The van der Waals surface area contributed by atoms with Crippen LogP contribution in [0.5, 0.6) is 0 Å². The average molecular weight is 218 g/mol. The fourth-order valence-electron chi connectivity index (χ4n) is 1.74. The van der Waals surface area contributed by atoms with E-state index in [0.717, 1.165) is 38.2 Å². The molecule has 0 aromatic carbocycles. The van der Waals surface area contributed by atoms with Crippen molar-refractivity contribution in [1.29, 1.82) is 0 Å². The van der Waals surface area contributed by atoms with Gasteiger partial charge in [-0.25, -0.2) is 4.79 Å². The first-order valence-electron chi connectivity index (χ1n) is 4.65. The standard InChI is InChI=1S/C8H14N2O3S/c1-10(14(12,13)9-7-11)8-5-3-2-4-6-8/h8H,2-6H2,1H3. The summed E-state index contributed by atoms with van der Waals surface area (Å²) in [6.07, 6.45) is 6.00. The highest BCUT2D eigenvalue weighted by Gasteiger charge is 2.26. The number of rotatable bonds is 3. The normalized spacial score (nSPS) is 19.3. The van der Waals surface area contributed by atoms with Crippen molar-refractivity contribution in [1.82, 2.24) is 4.31 Å². The van der Waals surface area contributed by atoms with E-state index >= 15 is 0 Å². The summed E-state index contributed by atoms with van der Waals surface area (Å²) >= 11 is 0. The third-order valence-electron chi connectivity index (χ3n) is 2.61. The Labute approximate surface area is 84.0 Å². The number of hydrogen-bond acceptors (Lipinski definition) is 3. The maximum absolute atomic E-state index is 11.3. The Bertz CT molecular complexity index is 326. The molecule has 0 aromatic rings. The maximum Gasteiger partial charge on any atom is 0.332 e. The molecule has 1 fully saturated rings. The van der Waals surface area contributed by atoms with Crippen LogP contribution in [0.1, 0.15) is 32.1 Å². The molecule has 6 heteroatoms. The first-order chi connectivity index (χ1) is 6.58. The van der Waals surface area contributed by atoms with Gasteiger partial charge in [-0.1, -0.05) is 23.7 Å². The minimum absolute atomic E-state index is 0.00847. The van der Waals surface area contributed by atoms with Gasteiger partial charge >= 0.3 is 10.2 Å². The van der Waals surface area contributed by atoms with Gasteiger partial charge in [0.2, 0.25) is 0 Å². The number of carbonyl (C=O) groups excluding carboxylic acids is 1. The molecule has 14 heavy (non-hydrogen) atoms. The van der Waals surface area contributed by atoms with Gasteiger partial charge in [0.15, 0.2) is 0 Å². The molecule has 0 aromatic heterocycles. The van der Waals surface area contributed by atoms with Gasteiger partial charge < -0.3 is 0 Å². The Hall–Kier alpha value is -0.710. The van der Waals surface area contributed by atoms with Gasteiger partial charge in [0.05, 0.1) is 0 Å². The summed E-state index contributed by atoms with van der Waals surface area (Å²) in [5.74, 6) is 0. The lowest BCUT2D eigenvalue weighted by molar-refractivity contribution is 0.286. The van der Waals surface area contributed by atoms with E-state index in [2.05, 4.69) is 4.40 Å². The molecule has 5 nitrogen and oxygen atoms in total. The van der Waals surface area contributed by atoms with Crippen molar-refractivity contribution < 1.29 is 13.2 Å². The van der Waals surface area contributed by atoms with E-state index in [-0.39, 0.29) is 6.04 Å². The van der Waals surface area contributed by atoms with Gasteiger partial charge in [0.1, 0.15) is 0 Å². The second-order valence-electron chi connectivity index (χ2n) is 3.47. The van der Waals surface area contributed by atoms with E-state index in [0.29, 0.717) is 0 Å². The molecule has 0 heterocycles. The van der Waals surface area contributed by atoms with Gasteiger partial charge in [-0.15, -0.1) is 0 Å². The van der Waals surface area contributed by atoms with Crippen LogP contribution in [0.4, 0.5) is 0 Å². The van der Waals surface area contributed by atoms with Crippen LogP contribution in [0.15, 0.2) is 4.40 Å². The fourth-order valence-corrected chi connectivity index (χ4v) is 2.56. The summed E-state index contributed by atoms with van der Waals surface area (Å²) in [4.78, 5) is 9.91. The molecule has 0 radical (unpaired) electrons. The van der Waals surface area contributed by atoms with Crippen LogP contribution in [-0.2, 0) is 15.0 Å². The zero-order valence-corrected chi connectivity index (χ0v) is 8.96. The predicted octanol–water partition coefficient (Wildman–Crippen LogP) is 0.831. The summed E-state index contributed by atoms with van der Waals surface area (Å²) in [6, 6.07) is -0.00847. The van der Waals surface area contributed by atoms with E-state index < -0.39 is 10.2 Å². The molecule has 0 N–H and O–H groups in total. The Morgan fingerprint density at radius 1 is 1.29 bits per heavy atom. The smallest absolute Gasteiger partial charge is 0.210 e. The van der Waals surface area contributed by atoms with E-state index in [4.69, 9.17) is 0 Å². The van der Waals surface area contributed by atoms with Crippen molar-refractivity contribution in [2.75, 3.05) is 7.05 Å². The minimum Gasteiger partial charge on any atom is -0.210 e. The van der Waals surface area contributed by atoms with E-state index in [9.17, 15) is 13.2 Å². The van der Waals surface area contributed by atoms with Crippen LogP contribution in [0.25, 0.3) is 0 Å². The van der Waals surface area contributed by atoms with E-state index in [1.165, 1.54) is 11.4 Å². The van der Waals surface area contributed by atoms with Crippen molar-refractivity contribution in [3.05, 3.63) is 0 Å². The molecule has 1 saturated carbocycles. The predicted molar refractivity (Wildman–Crippen MR) is 51.7 cm³/mol. The van der Waals surface area contributed by atoms with Crippen LogP contribution >= 0.6 is 0 Å². The largest absolute Gasteiger partial charge is 0.332 e. The Kier molecular flexibility index (Phi) is 3.80. The number of nitrogens with zero attached hydrogens (tertiary/aromatic N) is 2. The van der Waals surface area contributed by atoms with Gasteiger partial charge in [-0.05, 0) is 12.8 Å². The van der Waals surface area contributed by atoms with Gasteiger partial charge in [-0.2, -0.15) is 12.7 Å². The van der Waals surface area contributed by atoms with Crippen molar-refractivity contribution in [2.24, 2.45) is 4.40 Å². The highest BCUT2D eigenvalue weighted by Crippen LogP contribution is 2.23. The minimum atomic E-state index is -3.78. The molecule has 0 unspecified atom stereocenters. The Morgan fingerprint density at radius 2 is 1.86 bits per heavy atom. The molecule has 1 aliphatic rings. The highest BCUT2D eigenvalue weighted by atomic mass is 32.2. The summed E-state index contributed by atoms with van der Waals surface area (Å²) < 4.78 is 26.7. The summed E-state index contributed by atoms with van der Waals surface area (Å²) in [5, 5.41) is 0. The van der Waals surface area contributed by atoms with E-state index in [1.54, 1.807) is 0 Å². The third kappa shape index (κ3) is 2.64. The molecule has 0 atom stereocenters. The lowest BCUT2D eigenvalue weighted by atomic mass is 9.96. The maximum atomic E-state index is 11.3. The summed E-state index contributed by atoms with van der Waals surface area (Å²) in [5.41, 5.74) is 0. The van der Waals surface area contributed by atoms with Crippen LogP contribution in [0, 0.1) is 0 Å². The molecule has 1 rings (SSSR count). The van der Waals surface area contributed by atoms with E-state index in [1.807, 2.05) is 0 Å². The van der Waals surface area contributed by atoms with Crippen molar-refractivity contribution in [3.63, 3.8) is 0 Å². The van der Waals surface area contributed by atoms with Crippen LogP contribution in [0.3, 0.4) is 0 Å². The first kappa shape index (κ1) is 11.4. The molecule has 0 aliphatic heterocycles. The number of isocyanates is 1. The van der Waals surface area contributed by atoms with Gasteiger partial charge in [0, 0.05) is 13.1 Å². The molecule has 0 bridgehead atoms. The van der Waals surface area contributed by atoms with Crippen LogP contribution < -0.4 is 0 Å². The third-order valence-corrected chi connectivity index (χ3v) is 3.94. The Balaban J connectivity index is 2.72. The second kappa shape index (κ2) is 4.68. The number of hydrogen-bond donors (Lipinski definition) is 0. The average Bonchev–Trinajstić information content (AvgIpc) is 2.18. The Morgan fingerprint density at radius 3 is 2.36 bits per heavy atom. The molecular formula is C8H14N2O3S. The molecule has 0 amide bonds. The van der Waals surface area contributed by atoms with Gasteiger partial charge in [-0.3, -0.25) is 0 Å². The van der Waals surface area contributed by atoms with Crippen molar-refractivity contribution in [2.45, 2.75) is 38.1 Å².